The summed E-state index contributed by atoms with van der Waals surface area (Å²) in [6.45, 7) is 0.729. The molecule has 0 saturated heterocycles. The van der Waals surface area contributed by atoms with Gasteiger partial charge in [-0.25, -0.2) is 9.97 Å². The van der Waals surface area contributed by atoms with Crippen molar-refractivity contribution < 1.29 is 4.74 Å². The summed E-state index contributed by atoms with van der Waals surface area (Å²) in [5.74, 6) is 0.633. The normalized spacial score (nSPS) is 9.93. The Bertz CT molecular complexity index is 416. The number of anilines is 1. The van der Waals surface area contributed by atoms with Crippen LogP contribution in [0, 0.1) is 0 Å². The fourth-order valence-corrected chi connectivity index (χ4v) is 1.69. The predicted octanol–water partition coefficient (Wildman–Crippen LogP) is 2.16. The summed E-state index contributed by atoms with van der Waals surface area (Å²) in [4.78, 5) is 8.17. The molecule has 0 aromatic carbocycles. The van der Waals surface area contributed by atoms with Crippen LogP contribution in [0.3, 0.4) is 0 Å². The van der Waals surface area contributed by atoms with Gasteiger partial charge in [0.25, 0.3) is 0 Å². The second-order valence-electron chi connectivity index (χ2n) is 2.90. The molecule has 0 aliphatic carbocycles. The highest BCUT2D eigenvalue weighted by molar-refractivity contribution is 7.13. The second-order valence-corrected chi connectivity index (χ2v) is 3.79. The summed E-state index contributed by atoms with van der Waals surface area (Å²) in [5, 5.41) is 6.08. The van der Waals surface area contributed by atoms with Crippen LogP contribution in [0.25, 0.3) is 0 Å². The van der Waals surface area contributed by atoms with Gasteiger partial charge in [-0.2, -0.15) is 0 Å². The minimum atomic E-state index is 0.633. The van der Waals surface area contributed by atoms with Gasteiger partial charge in [0.15, 0.2) is 5.13 Å². The van der Waals surface area contributed by atoms with E-state index in [1.807, 2.05) is 17.5 Å². The quantitative estimate of drug-likeness (QED) is 0.859. The summed E-state index contributed by atoms with van der Waals surface area (Å²) in [7, 11) is 1.61. The molecular weight excluding hydrogens is 210 g/mol. The summed E-state index contributed by atoms with van der Waals surface area (Å²) in [6, 6.07) is 3.85. The van der Waals surface area contributed by atoms with Crippen LogP contribution in [-0.2, 0) is 6.54 Å². The van der Waals surface area contributed by atoms with Crippen LogP contribution in [0.5, 0.6) is 5.88 Å². The van der Waals surface area contributed by atoms with Gasteiger partial charge in [0, 0.05) is 30.4 Å². The number of hydrogen-bond acceptors (Lipinski definition) is 5. The molecule has 0 spiro atoms. The molecule has 0 aliphatic heterocycles. The molecule has 15 heavy (non-hydrogen) atoms. The summed E-state index contributed by atoms with van der Waals surface area (Å²) < 4.78 is 5.04. The Hall–Kier alpha value is -1.62. The molecule has 0 atom stereocenters. The largest absolute Gasteiger partial charge is 0.481 e. The van der Waals surface area contributed by atoms with Gasteiger partial charge in [0.1, 0.15) is 0 Å². The van der Waals surface area contributed by atoms with Crippen molar-refractivity contribution in [3.63, 3.8) is 0 Å². The minimum absolute atomic E-state index is 0.633. The van der Waals surface area contributed by atoms with Crippen LogP contribution in [0.15, 0.2) is 29.9 Å². The van der Waals surface area contributed by atoms with Crippen molar-refractivity contribution in [2.75, 3.05) is 12.4 Å². The van der Waals surface area contributed by atoms with Crippen LogP contribution in [-0.4, -0.2) is 17.1 Å². The molecule has 0 saturated carbocycles. The lowest BCUT2D eigenvalue weighted by molar-refractivity contribution is 0.397. The standard InChI is InChI=1S/C10H11N3OS/c1-14-9-6-8(2-3-11-9)7-13-10-12-4-5-15-10/h2-6H,7H2,1H3,(H,12,13). The number of pyridine rings is 1. The first-order valence-corrected chi connectivity index (χ1v) is 5.39. The monoisotopic (exact) mass is 221 g/mol. The van der Waals surface area contributed by atoms with E-state index in [0.29, 0.717) is 5.88 Å². The molecule has 4 nitrogen and oxygen atoms in total. The van der Waals surface area contributed by atoms with E-state index in [9.17, 15) is 0 Å². The van der Waals surface area contributed by atoms with E-state index < -0.39 is 0 Å². The number of aromatic nitrogens is 2. The molecule has 5 heteroatoms. The zero-order valence-corrected chi connectivity index (χ0v) is 9.12. The van der Waals surface area contributed by atoms with E-state index in [0.717, 1.165) is 17.2 Å². The highest BCUT2D eigenvalue weighted by Crippen LogP contribution is 2.13. The Labute approximate surface area is 92.0 Å². The first-order valence-electron chi connectivity index (χ1n) is 4.51. The number of methoxy groups -OCH3 is 1. The van der Waals surface area contributed by atoms with Crippen molar-refractivity contribution in [3.05, 3.63) is 35.5 Å². The maximum absolute atomic E-state index is 5.04. The number of hydrogen-bond donors (Lipinski definition) is 1. The molecule has 2 rings (SSSR count). The van der Waals surface area contributed by atoms with Gasteiger partial charge in [-0.05, 0) is 11.6 Å². The van der Waals surface area contributed by atoms with Gasteiger partial charge in [0.05, 0.1) is 7.11 Å². The number of ether oxygens (including phenoxy) is 1. The molecule has 0 radical (unpaired) electrons. The molecule has 0 bridgehead atoms. The van der Waals surface area contributed by atoms with E-state index in [4.69, 9.17) is 4.74 Å². The highest BCUT2D eigenvalue weighted by atomic mass is 32.1. The van der Waals surface area contributed by atoms with Gasteiger partial charge in [-0.15, -0.1) is 11.3 Å². The van der Waals surface area contributed by atoms with Crippen LogP contribution in [0.1, 0.15) is 5.56 Å². The Morgan fingerprint density at radius 1 is 1.40 bits per heavy atom. The average molecular weight is 221 g/mol. The first-order chi connectivity index (χ1) is 7.38. The predicted molar refractivity (Wildman–Crippen MR) is 60.2 cm³/mol. The average Bonchev–Trinajstić information content (AvgIpc) is 2.79. The Kier molecular flexibility index (Phi) is 3.14. The molecule has 0 unspecified atom stereocenters. The van der Waals surface area contributed by atoms with Crippen molar-refractivity contribution in [3.8, 4) is 5.88 Å². The smallest absolute Gasteiger partial charge is 0.213 e. The van der Waals surface area contributed by atoms with Crippen LogP contribution < -0.4 is 10.1 Å². The molecule has 1 N–H and O–H groups in total. The molecule has 0 amide bonds. The number of rotatable bonds is 4. The zero-order valence-electron chi connectivity index (χ0n) is 8.30. The van der Waals surface area contributed by atoms with Crippen molar-refractivity contribution in [1.82, 2.24) is 9.97 Å². The molecule has 78 valence electrons. The maximum atomic E-state index is 5.04. The van der Waals surface area contributed by atoms with Gasteiger partial charge in [0.2, 0.25) is 5.88 Å². The van der Waals surface area contributed by atoms with Crippen molar-refractivity contribution >= 4 is 16.5 Å². The van der Waals surface area contributed by atoms with Crippen LogP contribution in [0.2, 0.25) is 0 Å². The van der Waals surface area contributed by atoms with Gasteiger partial charge in [-0.1, -0.05) is 0 Å². The van der Waals surface area contributed by atoms with Crippen molar-refractivity contribution in [1.29, 1.82) is 0 Å². The molecule has 2 aromatic rings. The van der Waals surface area contributed by atoms with Crippen molar-refractivity contribution in [2.24, 2.45) is 0 Å². The van der Waals surface area contributed by atoms with Gasteiger partial charge in [-0.3, -0.25) is 0 Å². The second kappa shape index (κ2) is 4.75. The van der Waals surface area contributed by atoms with E-state index in [-0.39, 0.29) is 0 Å². The zero-order chi connectivity index (χ0) is 10.5. The molecule has 2 aromatic heterocycles. The van der Waals surface area contributed by atoms with Crippen molar-refractivity contribution in [2.45, 2.75) is 6.54 Å². The summed E-state index contributed by atoms with van der Waals surface area (Å²) in [6.07, 6.45) is 3.51. The van der Waals surface area contributed by atoms with E-state index >= 15 is 0 Å². The van der Waals surface area contributed by atoms with Gasteiger partial charge < -0.3 is 10.1 Å². The third-order valence-electron chi connectivity index (χ3n) is 1.88. The maximum Gasteiger partial charge on any atom is 0.213 e. The summed E-state index contributed by atoms with van der Waals surface area (Å²) in [5.41, 5.74) is 1.12. The Morgan fingerprint density at radius 3 is 3.07 bits per heavy atom. The fraction of sp³-hybridized carbons (Fsp3) is 0.200. The molecule has 2 heterocycles. The third-order valence-corrected chi connectivity index (χ3v) is 2.62. The topological polar surface area (TPSA) is 47.0 Å². The summed E-state index contributed by atoms with van der Waals surface area (Å²) >= 11 is 1.58. The lowest BCUT2D eigenvalue weighted by Crippen LogP contribution is -1.99. The van der Waals surface area contributed by atoms with E-state index in [1.54, 1.807) is 30.8 Å². The number of nitrogens with one attached hydrogen (secondary N) is 1. The number of nitrogens with zero attached hydrogens (tertiary/aromatic N) is 2. The van der Waals surface area contributed by atoms with Crippen LogP contribution >= 0.6 is 11.3 Å². The molecule has 0 aliphatic rings. The fourth-order valence-electron chi connectivity index (χ4n) is 1.16. The Morgan fingerprint density at radius 2 is 2.33 bits per heavy atom. The highest BCUT2D eigenvalue weighted by Gasteiger charge is 1.98. The number of thiazole rings is 1. The van der Waals surface area contributed by atoms with Crippen LogP contribution in [0.4, 0.5) is 5.13 Å². The van der Waals surface area contributed by atoms with Gasteiger partial charge >= 0.3 is 0 Å². The van der Waals surface area contributed by atoms with E-state index in [1.165, 1.54) is 0 Å². The molecule has 0 fully saturated rings. The SMILES string of the molecule is COc1cc(CNc2nccs2)ccn1. The molecular formula is C10H11N3OS. The lowest BCUT2D eigenvalue weighted by atomic mass is 10.3. The minimum Gasteiger partial charge on any atom is -0.481 e. The third kappa shape index (κ3) is 2.66. The lowest BCUT2D eigenvalue weighted by Gasteiger charge is -2.04. The van der Waals surface area contributed by atoms with E-state index in [2.05, 4.69) is 15.3 Å². The Balaban J connectivity index is 1.98. The first kappa shape index (κ1) is 9.92.